The molecule has 2 rings (SSSR count). The molecule has 0 saturated carbocycles. The van der Waals surface area contributed by atoms with E-state index < -0.39 is 0 Å². The summed E-state index contributed by atoms with van der Waals surface area (Å²) in [7, 11) is 0. The van der Waals surface area contributed by atoms with E-state index in [2.05, 4.69) is 17.2 Å². The molecule has 0 aromatic carbocycles. The zero-order chi connectivity index (χ0) is 11.2. The molecule has 16 heavy (non-hydrogen) atoms. The Morgan fingerprint density at radius 3 is 3.00 bits per heavy atom. The van der Waals surface area contributed by atoms with E-state index in [1.54, 1.807) is 11.3 Å². The van der Waals surface area contributed by atoms with Gasteiger partial charge in [-0.05, 0) is 38.6 Å². The van der Waals surface area contributed by atoms with Crippen LogP contribution < -0.4 is 5.32 Å². The van der Waals surface area contributed by atoms with Crippen molar-refractivity contribution in [2.24, 2.45) is 5.92 Å². The van der Waals surface area contributed by atoms with Gasteiger partial charge < -0.3 is 10.1 Å². The van der Waals surface area contributed by atoms with E-state index in [-0.39, 0.29) is 0 Å². The molecule has 4 heteroatoms. The van der Waals surface area contributed by atoms with E-state index in [9.17, 15) is 0 Å². The van der Waals surface area contributed by atoms with Crippen LogP contribution in [0.25, 0.3) is 0 Å². The van der Waals surface area contributed by atoms with Crippen molar-refractivity contribution in [3.63, 3.8) is 0 Å². The normalized spacial score (nSPS) is 17.8. The summed E-state index contributed by atoms with van der Waals surface area (Å²) in [5, 5.41) is 4.70. The van der Waals surface area contributed by atoms with Crippen molar-refractivity contribution in [1.82, 2.24) is 10.3 Å². The Balaban J connectivity index is 1.57. The Bertz CT molecular complexity index is 308. The van der Waals surface area contributed by atoms with Crippen LogP contribution in [0.4, 0.5) is 0 Å². The van der Waals surface area contributed by atoms with Crippen molar-refractivity contribution in [1.29, 1.82) is 0 Å². The molecule has 1 aliphatic heterocycles. The van der Waals surface area contributed by atoms with Gasteiger partial charge in [-0.2, -0.15) is 0 Å². The quantitative estimate of drug-likeness (QED) is 0.799. The van der Waals surface area contributed by atoms with Gasteiger partial charge in [-0.3, -0.25) is 0 Å². The highest BCUT2D eigenvalue weighted by Crippen LogP contribution is 2.14. The lowest BCUT2D eigenvalue weighted by Gasteiger charge is -2.22. The van der Waals surface area contributed by atoms with Crippen LogP contribution in [0.2, 0.25) is 0 Å². The van der Waals surface area contributed by atoms with Gasteiger partial charge in [0.2, 0.25) is 0 Å². The first-order chi connectivity index (χ1) is 7.84. The molecule has 1 aliphatic rings. The van der Waals surface area contributed by atoms with E-state index in [1.165, 1.54) is 22.7 Å². The molecule has 0 aliphatic carbocycles. The SMILES string of the molecule is Cc1ncc(CCNCC2CCOCC2)s1. The van der Waals surface area contributed by atoms with Gasteiger partial charge in [-0.1, -0.05) is 0 Å². The second kappa shape index (κ2) is 6.33. The summed E-state index contributed by atoms with van der Waals surface area (Å²) in [6, 6.07) is 0. The van der Waals surface area contributed by atoms with Crippen molar-refractivity contribution in [2.75, 3.05) is 26.3 Å². The van der Waals surface area contributed by atoms with E-state index in [4.69, 9.17) is 4.74 Å². The predicted octanol–water partition coefficient (Wildman–Crippen LogP) is 2.01. The van der Waals surface area contributed by atoms with Crippen molar-refractivity contribution in [2.45, 2.75) is 26.2 Å². The van der Waals surface area contributed by atoms with Gasteiger partial charge in [0, 0.05) is 30.8 Å². The summed E-state index contributed by atoms with van der Waals surface area (Å²) >= 11 is 1.80. The molecule has 1 N–H and O–H groups in total. The Morgan fingerprint density at radius 2 is 2.31 bits per heavy atom. The molecule has 0 spiro atoms. The van der Waals surface area contributed by atoms with Crippen LogP contribution in [-0.2, 0) is 11.2 Å². The van der Waals surface area contributed by atoms with Crippen LogP contribution in [0.3, 0.4) is 0 Å². The number of hydrogen-bond acceptors (Lipinski definition) is 4. The number of aromatic nitrogens is 1. The average molecular weight is 240 g/mol. The van der Waals surface area contributed by atoms with Crippen LogP contribution in [0.5, 0.6) is 0 Å². The molecule has 1 saturated heterocycles. The maximum absolute atomic E-state index is 5.34. The minimum atomic E-state index is 0.817. The molecule has 0 unspecified atom stereocenters. The maximum Gasteiger partial charge on any atom is 0.0896 e. The number of hydrogen-bond donors (Lipinski definition) is 1. The Morgan fingerprint density at radius 1 is 1.50 bits per heavy atom. The summed E-state index contributed by atoms with van der Waals surface area (Å²) in [6.07, 6.45) is 5.53. The number of rotatable bonds is 5. The first-order valence-corrected chi connectivity index (χ1v) is 6.86. The summed E-state index contributed by atoms with van der Waals surface area (Å²) in [4.78, 5) is 5.65. The molecule has 0 amide bonds. The fourth-order valence-corrected chi connectivity index (χ4v) is 2.78. The highest BCUT2D eigenvalue weighted by molar-refractivity contribution is 7.11. The lowest BCUT2D eigenvalue weighted by atomic mass is 10.0. The van der Waals surface area contributed by atoms with E-state index in [0.717, 1.165) is 38.6 Å². The van der Waals surface area contributed by atoms with Crippen molar-refractivity contribution in [3.05, 3.63) is 16.1 Å². The van der Waals surface area contributed by atoms with Crippen molar-refractivity contribution >= 4 is 11.3 Å². The first-order valence-electron chi connectivity index (χ1n) is 6.04. The molecular weight excluding hydrogens is 220 g/mol. The molecule has 2 heterocycles. The van der Waals surface area contributed by atoms with Gasteiger partial charge in [0.25, 0.3) is 0 Å². The highest BCUT2D eigenvalue weighted by Gasteiger charge is 2.12. The Hall–Kier alpha value is -0.450. The summed E-state index contributed by atoms with van der Waals surface area (Å²) < 4.78 is 5.34. The van der Waals surface area contributed by atoms with E-state index >= 15 is 0 Å². The monoisotopic (exact) mass is 240 g/mol. The highest BCUT2D eigenvalue weighted by atomic mass is 32.1. The molecule has 0 radical (unpaired) electrons. The molecule has 1 fully saturated rings. The third-order valence-corrected chi connectivity index (χ3v) is 3.96. The van der Waals surface area contributed by atoms with Gasteiger partial charge in [-0.15, -0.1) is 11.3 Å². The molecular formula is C12H20N2OS. The molecule has 1 aromatic rings. The van der Waals surface area contributed by atoms with Gasteiger partial charge in [0.15, 0.2) is 0 Å². The fourth-order valence-electron chi connectivity index (χ4n) is 1.99. The molecule has 1 aromatic heterocycles. The lowest BCUT2D eigenvalue weighted by molar-refractivity contribution is 0.0664. The lowest BCUT2D eigenvalue weighted by Crippen LogP contribution is -2.28. The number of nitrogens with zero attached hydrogens (tertiary/aromatic N) is 1. The van der Waals surface area contributed by atoms with Gasteiger partial charge in [0.1, 0.15) is 0 Å². The number of aryl methyl sites for hydroxylation is 1. The third kappa shape index (κ3) is 3.85. The minimum Gasteiger partial charge on any atom is -0.381 e. The van der Waals surface area contributed by atoms with Crippen LogP contribution in [-0.4, -0.2) is 31.3 Å². The first kappa shape index (κ1) is 12.0. The zero-order valence-corrected chi connectivity index (χ0v) is 10.7. The number of nitrogens with one attached hydrogen (secondary N) is 1. The topological polar surface area (TPSA) is 34.2 Å². The number of thiazole rings is 1. The largest absolute Gasteiger partial charge is 0.381 e. The van der Waals surface area contributed by atoms with Gasteiger partial charge >= 0.3 is 0 Å². The molecule has 0 bridgehead atoms. The summed E-state index contributed by atoms with van der Waals surface area (Å²) in [5.41, 5.74) is 0. The minimum absolute atomic E-state index is 0.817. The van der Waals surface area contributed by atoms with E-state index in [0.29, 0.717) is 0 Å². The van der Waals surface area contributed by atoms with Crippen LogP contribution in [0.1, 0.15) is 22.7 Å². The molecule has 90 valence electrons. The second-order valence-electron chi connectivity index (χ2n) is 4.36. The number of ether oxygens (including phenoxy) is 1. The van der Waals surface area contributed by atoms with Gasteiger partial charge in [0.05, 0.1) is 5.01 Å². The smallest absolute Gasteiger partial charge is 0.0896 e. The standard InChI is InChI=1S/C12H20N2OS/c1-10-14-9-12(16-10)2-5-13-8-11-3-6-15-7-4-11/h9,11,13H,2-8H2,1H3. The Labute approximate surface area is 101 Å². The van der Waals surface area contributed by atoms with Crippen LogP contribution in [0.15, 0.2) is 6.20 Å². The summed E-state index contributed by atoms with van der Waals surface area (Å²) in [5.74, 6) is 0.817. The second-order valence-corrected chi connectivity index (χ2v) is 5.67. The molecule has 0 atom stereocenters. The molecule has 3 nitrogen and oxygen atoms in total. The summed E-state index contributed by atoms with van der Waals surface area (Å²) in [6.45, 7) is 6.16. The average Bonchev–Trinajstić information content (AvgIpc) is 2.72. The van der Waals surface area contributed by atoms with E-state index in [1.807, 2.05) is 6.20 Å². The van der Waals surface area contributed by atoms with Crippen molar-refractivity contribution < 1.29 is 4.74 Å². The van der Waals surface area contributed by atoms with Gasteiger partial charge in [-0.25, -0.2) is 4.98 Å². The Kier molecular flexibility index (Phi) is 4.75. The predicted molar refractivity (Wildman–Crippen MR) is 67.0 cm³/mol. The zero-order valence-electron chi connectivity index (χ0n) is 9.87. The van der Waals surface area contributed by atoms with Crippen molar-refractivity contribution in [3.8, 4) is 0 Å². The maximum atomic E-state index is 5.34. The third-order valence-electron chi connectivity index (χ3n) is 2.99. The fraction of sp³-hybridized carbons (Fsp3) is 0.750. The van der Waals surface area contributed by atoms with Crippen LogP contribution in [0, 0.1) is 12.8 Å². The van der Waals surface area contributed by atoms with Crippen LogP contribution >= 0.6 is 11.3 Å².